The summed E-state index contributed by atoms with van der Waals surface area (Å²) in [5.41, 5.74) is 3.71. The predicted molar refractivity (Wildman–Crippen MR) is 114 cm³/mol. The highest BCUT2D eigenvalue weighted by Gasteiger charge is 2.21. The van der Waals surface area contributed by atoms with Crippen LogP contribution in [0, 0.1) is 13.8 Å². The molecule has 2 aromatic heterocycles. The van der Waals surface area contributed by atoms with Crippen molar-refractivity contribution in [2.75, 3.05) is 12.4 Å². The van der Waals surface area contributed by atoms with Crippen molar-refractivity contribution in [3.8, 4) is 0 Å². The predicted octanol–water partition coefficient (Wildman–Crippen LogP) is 4.35. The number of ether oxygens (including phenoxy) is 1. The molecule has 0 radical (unpaired) electrons. The van der Waals surface area contributed by atoms with Crippen molar-refractivity contribution in [3.63, 3.8) is 0 Å². The van der Waals surface area contributed by atoms with Crippen LogP contribution in [-0.4, -0.2) is 17.0 Å². The van der Waals surface area contributed by atoms with Crippen molar-refractivity contribution in [1.29, 1.82) is 0 Å². The second-order valence-electron chi connectivity index (χ2n) is 6.88. The largest absolute Gasteiger partial charge is 0.466 e. The maximum Gasteiger partial charge on any atom is 0.223 e. The van der Waals surface area contributed by atoms with Gasteiger partial charge >= 0.3 is 0 Å². The van der Waals surface area contributed by atoms with Gasteiger partial charge in [-0.2, -0.15) is 0 Å². The van der Waals surface area contributed by atoms with Crippen molar-refractivity contribution in [1.82, 2.24) is 20.6 Å². The average Bonchev–Trinajstić information content (AvgIpc) is 3.22. The van der Waals surface area contributed by atoms with Gasteiger partial charge in [0.25, 0.3) is 0 Å². The van der Waals surface area contributed by atoms with Gasteiger partial charge in [-0.25, -0.2) is 9.97 Å². The summed E-state index contributed by atoms with van der Waals surface area (Å²) in [6, 6.07) is 3.88. The highest BCUT2D eigenvalue weighted by atomic mass is 16.5. The normalized spacial score (nSPS) is 15.5. The molecule has 3 heterocycles. The molecule has 0 bridgehead atoms. The first-order valence-electron chi connectivity index (χ1n) is 9.82. The maximum absolute atomic E-state index is 5.97. The lowest BCUT2D eigenvalue weighted by Gasteiger charge is -2.12. The van der Waals surface area contributed by atoms with E-state index >= 15 is 0 Å². The summed E-state index contributed by atoms with van der Waals surface area (Å²) in [5.74, 6) is 3.89. The lowest BCUT2D eigenvalue weighted by Crippen LogP contribution is -2.17. The molecule has 0 fully saturated rings. The van der Waals surface area contributed by atoms with Crippen LogP contribution in [-0.2, 0) is 11.3 Å². The standard InChI is InChI=1S/C22H29N5O2/c1-6-7-8-9-18-16(4)29-21(26-18)20(23-5)19-10-11-24-22(27-19)25-13-17-12-14(2)28-15(17)3/h6-7,10-12,23,26H,8-9,13H2,1-5H3,(H,24,25,27)/b7-6-,21-20+. The zero-order valence-corrected chi connectivity index (χ0v) is 17.7. The molecule has 154 valence electrons. The third kappa shape index (κ3) is 4.99. The molecule has 2 aromatic rings. The minimum atomic E-state index is 0.546. The monoisotopic (exact) mass is 395 g/mol. The van der Waals surface area contributed by atoms with Crippen molar-refractivity contribution >= 4 is 11.6 Å². The topological polar surface area (TPSA) is 84.2 Å². The zero-order valence-electron chi connectivity index (χ0n) is 17.7. The van der Waals surface area contributed by atoms with Gasteiger partial charge in [0.1, 0.15) is 23.0 Å². The number of hydrogen-bond donors (Lipinski definition) is 3. The molecule has 0 aliphatic carbocycles. The first-order valence-corrected chi connectivity index (χ1v) is 9.82. The highest BCUT2D eigenvalue weighted by molar-refractivity contribution is 5.64. The van der Waals surface area contributed by atoms with Crippen molar-refractivity contribution in [3.05, 3.63) is 70.6 Å². The number of furan rings is 1. The molecule has 7 heteroatoms. The molecule has 1 aliphatic heterocycles. The molecule has 0 aromatic carbocycles. The Bertz CT molecular complexity index is 956. The van der Waals surface area contributed by atoms with E-state index in [0.29, 0.717) is 18.4 Å². The van der Waals surface area contributed by atoms with E-state index in [1.807, 2.05) is 46.9 Å². The third-order valence-electron chi connectivity index (χ3n) is 4.71. The number of nitrogens with one attached hydrogen (secondary N) is 3. The minimum absolute atomic E-state index is 0.546. The van der Waals surface area contributed by atoms with E-state index in [1.165, 1.54) is 0 Å². The summed E-state index contributed by atoms with van der Waals surface area (Å²) in [6.07, 6.45) is 7.81. The van der Waals surface area contributed by atoms with E-state index in [4.69, 9.17) is 9.15 Å². The summed E-state index contributed by atoms with van der Waals surface area (Å²) in [7, 11) is 1.85. The summed E-state index contributed by atoms with van der Waals surface area (Å²) in [5, 5.41) is 9.85. The van der Waals surface area contributed by atoms with E-state index in [9.17, 15) is 0 Å². The minimum Gasteiger partial charge on any atom is -0.466 e. The summed E-state index contributed by atoms with van der Waals surface area (Å²) < 4.78 is 11.5. The molecular weight excluding hydrogens is 366 g/mol. The van der Waals surface area contributed by atoms with E-state index in [0.717, 1.165) is 52.8 Å². The van der Waals surface area contributed by atoms with Gasteiger partial charge in [0.05, 0.1) is 11.4 Å². The Labute approximate surface area is 172 Å². The van der Waals surface area contributed by atoms with Gasteiger partial charge in [-0.3, -0.25) is 0 Å². The van der Waals surface area contributed by atoms with Crippen LogP contribution in [0.4, 0.5) is 5.95 Å². The Hall–Kier alpha value is -3.22. The van der Waals surface area contributed by atoms with Crippen molar-refractivity contribution < 1.29 is 9.15 Å². The molecule has 0 saturated heterocycles. The zero-order chi connectivity index (χ0) is 20.8. The molecular formula is C22H29N5O2. The van der Waals surface area contributed by atoms with Gasteiger partial charge in [0, 0.05) is 25.4 Å². The summed E-state index contributed by atoms with van der Waals surface area (Å²) in [6.45, 7) is 8.50. The van der Waals surface area contributed by atoms with Crippen molar-refractivity contribution in [2.45, 2.75) is 47.1 Å². The third-order valence-corrected chi connectivity index (χ3v) is 4.71. The van der Waals surface area contributed by atoms with Gasteiger partial charge in [0.2, 0.25) is 11.8 Å². The number of allylic oxidation sites excluding steroid dienone is 4. The van der Waals surface area contributed by atoms with Gasteiger partial charge in [0.15, 0.2) is 0 Å². The van der Waals surface area contributed by atoms with Gasteiger partial charge < -0.3 is 25.1 Å². The van der Waals surface area contributed by atoms with Gasteiger partial charge in [-0.05, 0) is 52.7 Å². The Morgan fingerprint density at radius 1 is 1.28 bits per heavy atom. The fourth-order valence-corrected chi connectivity index (χ4v) is 3.19. The molecule has 29 heavy (non-hydrogen) atoms. The van der Waals surface area contributed by atoms with Crippen LogP contribution in [0.15, 0.2) is 52.2 Å². The van der Waals surface area contributed by atoms with Crippen LogP contribution >= 0.6 is 0 Å². The van der Waals surface area contributed by atoms with Crippen LogP contribution in [0.25, 0.3) is 5.70 Å². The smallest absolute Gasteiger partial charge is 0.223 e. The molecule has 7 nitrogen and oxygen atoms in total. The fourth-order valence-electron chi connectivity index (χ4n) is 3.19. The summed E-state index contributed by atoms with van der Waals surface area (Å²) >= 11 is 0. The highest BCUT2D eigenvalue weighted by Crippen LogP contribution is 2.26. The Balaban J connectivity index is 1.74. The Morgan fingerprint density at radius 2 is 2.10 bits per heavy atom. The molecule has 1 aliphatic rings. The van der Waals surface area contributed by atoms with Gasteiger partial charge in [-0.1, -0.05) is 12.2 Å². The number of anilines is 1. The number of rotatable bonds is 8. The molecule has 0 saturated carbocycles. The van der Waals surface area contributed by atoms with Crippen LogP contribution in [0.2, 0.25) is 0 Å². The first kappa shape index (κ1) is 20.5. The average molecular weight is 396 g/mol. The molecule has 0 unspecified atom stereocenters. The maximum atomic E-state index is 5.97. The second-order valence-corrected chi connectivity index (χ2v) is 6.88. The number of aryl methyl sites for hydroxylation is 2. The number of hydrogen-bond acceptors (Lipinski definition) is 7. The van der Waals surface area contributed by atoms with E-state index in [2.05, 4.69) is 38.1 Å². The van der Waals surface area contributed by atoms with E-state index in [1.54, 1.807) is 6.20 Å². The first-order chi connectivity index (χ1) is 14.0. The van der Waals surface area contributed by atoms with Crippen LogP contribution in [0.3, 0.4) is 0 Å². The van der Waals surface area contributed by atoms with Crippen LogP contribution in [0.1, 0.15) is 49.5 Å². The summed E-state index contributed by atoms with van der Waals surface area (Å²) in [4.78, 5) is 8.97. The van der Waals surface area contributed by atoms with E-state index < -0.39 is 0 Å². The second kappa shape index (κ2) is 9.32. The van der Waals surface area contributed by atoms with Crippen LogP contribution < -0.4 is 16.0 Å². The van der Waals surface area contributed by atoms with Crippen LogP contribution in [0.5, 0.6) is 0 Å². The number of aromatic nitrogens is 2. The Morgan fingerprint density at radius 3 is 2.79 bits per heavy atom. The van der Waals surface area contributed by atoms with E-state index in [-0.39, 0.29) is 0 Å². The lowest BCUT2D eigenvalue weighted by atomic mass is 10.2. The lowest BCUT2D eigenvalue weighted by molar-refractivity contribution is 0.317. The van der Waals surface area contributed by atoms with Crippen molar-refractivity contribution in [2.24, 2.45) is 0 Å². The SMILES string of the molecule is C/C=C\CCC1=C(C)O/C(=C(/NC)c2ccnc(NCc3cc(C)oc3C)n2)N1. The quantitative estimate of drug-likeness (QED) is 0.573. The number of nitrogens with zero attached hydrogens (tertiary/aromatic N) is 2. The molecule has 3 N–H and O–H groups in total. The molecule has 0 spiro atoms. The fraction of sp³-hybridized carbons (Fsp3) is 0.364. The molecule has 0 atom stereocenters. The Kier molecular flexibility index (Phi) is 6.59. The van der Waals surface area contributed by atoms with Gasteiger partial charge in [-0.15, -0.1) is 0 Å². The molecule has 0 amide bonds. The molecule has 3 rings (SSSR count).